The van der Waals surface area contributed by atoms with Crippen LogP contribution >= 0.6 is 11.3 Å². The van der Waals surface area contributed by atoms with Crippen molar-refractivity contribution in [2.24, 2.45) is 0 Å². The van der Waals surface area contributed by atoms with Crippen molar-refractivity contribution < 1.29 is 9.90 Å². The summed E-state index contributed by atoms with van der Waals surface area (Å²) in [5.41, 5.74) is 1.95. The minimum Gasteiger partial charge on any atom is -0.480 e. The summed E-state index contributed by atoms with van der Waals surface area (Å²) in [6, 6.07) is -0.666. The molecule has 2 rings (SSSR count). The zero-order valence-electron chi connectivity index (χ0n) is 8.89. The Balaban J connectivity index is 2.41. The van der Waals surface area contributed by atoms with Gasteiger partial charge >= 0.3 is 5.97 Å². The van der Waals surface area contributed by atoms with Gasteiger partial charge in [0.2, 0.25) is 0 Å². The van der Waals surface area contributed by atoms with Gasteiger partial charge in [-0.2, -0.15) is 0 Å². The summed E-state index contributed by atoms with van der Waals surface area (Å²) in [6.45, 7) is 3.55. The van der Waals surface area contributed by atoms with Crippen LogP contribution in [0.4, 0.5) is 5.82 Å². The van der Waals surface area contributed by atoms with E-state index in [2.05, 4.69) is 15.3 Å². The molecule has 84 valence electrons. The first-order valence-electron chi connectivity index (χ1n) is 4.77. The van der Waals surface area contributed by atoms with Crippen LogP contribution in [-0.2, 0) is 4.79 Å². The number of nitrogens with one attached hydrogen (secondary N) is 1. The first-order chi connectivity index (χ1) is 7.59. The molecule has 16 heavy (non-hydrogen) atoms. The molecule has 0 aliphatic heterocycles. The molecule has 0 bridgehead atoms. The van der Waals surface area contributed by atoms with Gasteiger partial charge in [-0.15, -0.1) is 11.3 Å². The van der Waals surface area contributed by atoms with E-state index in [1.165, 1.54) is 17.7 Å². The molecule has 6 heteroatoms. The number of carboxylic acids is 1. The minimum absolute atomic E-state index is 0.581. The standard InChI is InChI=1S/C10H11N3O2S/c1-5-3-16-8-7(5)11-4-12-9(8)13-6(2)10(14)15/h3-4,6H,1-2H3,(H,14,15)(H,11,12,13)/t6-/m0/s1. The van der Waals surface area contributed by atoms with Crippen LogP contribution in [0.2, 0.25) is 0 Å². The van der Waals surface area contributed by atoms with Gasteiger partial charge in [0, 0.05) is 0 Å². The molecule has 2 aromatic heterocycles. The van der Waals surface area contributed by atoms with Crippen molar-refractivity contribution in [3.05, 3.63) is 17.3 Å². The predicted octanol–water partition coefficient (Wildman–Crippen LogP) is 1.88. The fraction of sp³-hybridized carbons (Fsp3) is 0.300. The smallest absolute Gasteiger partial charge is 0.325 e. The van der Waals surface area contributed by atoms with Crippen LogP contribution in [0.15, 0.2) is 11.7 Å². The van der Waals surface area contributed by atoms with Gasteiger partial charge in [0.25, 0.3) is 0 Å². The number of hydrogen-bond acceptors (Lipinski definition) is 5. The highest BCUT2D eigenvalue weighted by Gasteiger charge is 2.14. The van der Waals surface area contributed by atoms with Crippen molar-refractivity contribution in [3.63, 3.8) is 0 Å². The fourth-order valence-corrected chi connectivity index (χ4v) is 2.29. The summed E-state index contributed by atoms with van der Waals surface area (Å²) in [6.07, 6.45) is 1.44. The van der Waals surface area contributed by atoms with E-state index in [4.69, 9.17) is 5.11 Å². The highest BCUT2D eigenvalue weighted by molar-refractivity contribution is 7.18. The molecule has 1 atom stereocenters. The molecule has 0 radical (unpaired) electrons. The Morgan fingerprint density at radius 3 is 3.00 bits per heavy atom. The van der Waals surface area contributed by atoms with Gasteiger partial charge in [-0.05, 0) is 24.8 Å². The second kappa shape index (κ2) is 4.05. The zero-order chi connectivity index (χ0) is 11.7. The third kappa shape index (κ3) is 1.83. The molecule has 0 saturated carbocycles. The third-order valence-electron chi connectivity index (χ3n) is 2.25. The molecule has 0 aromatic carbocycles. The van der Waals surface area contributed by atoms with Crippen molar-refractivity contribution in [2.45, 2.75) is 19.9 Å². The largest absolute Gasteiger partial charge is 0.480 e. The van der Waals surface area contributed by atoms with Crippen LogP contribution in [0.1, 0.15) is 12.5 Å². The molecule has 0 amide bonds. The van der Waals surface area contributed by atoms with E-state index in [1.807, 2.05) is 12.3 Å². The second-order valence-corrected chi connectivity index (χ2v) is 4.40. The average Bonchev–Trinajstić information content (AvgIpc) is 2.62. The first-order valence-corrected chi connectivity index (χ1v) is 5.65. The van der Waals surface area contributed by atoms with Crippen molar-refractivity contribution in [3.8, 4) is 0 Å². The quantitative estimate of drug-likeness (QED) is 0.852. The first kappa shape index (κ1) is 10.8. The Hall–Kier alpha value is -1.69. The Kier molecular flexibility index (Phi) is 2.74. The molecule has 2 heterocycles. The summed E-state index contributed by atoms with van der Waals surface area (Å²) in [5, 5.41) is 13.7. The summed E-state index contributed by atoms with van der Waals surface area (Å²) >= 11 is 1.51. The molecule has 2 aromatic rings. The number of rotatable bonds is 3. The van der Waals surface area contributed by atoms with E-state index in [1.54, 1.807) is 6.92 Å². The van der Waals surface area contributed by atoms with Crippen molar-refractivity contribution in [1.82, 2.24) is 9.97 Å². The lowest BCUT2D eigenvalue weighted by Gasteiger charge is -2.09. The maximum atomic E-state index is 10.7. The van der Waals surface area contributed by atoms with Crippen molar-refractivity contribution >= 4 is 33.3 Å². The highest BCUT2D eigenvalue weighted by atomic mass is 32.1. The Morgan fingerprint density at radius 1 is 1.56 bits per heavy atom. The monoisotopic (exact) mass is 237 g/mol. The number of carboxylic acid groups (broad SMARTS) is 1. The van der Waals surface area contributed by atoms with Gasteiger partial charge in [-0.25, -0.2) is 9.97 Å². The van der Waals surface area contributed by atoms with E-state index in [-0.39, 0.29) is 0 Å². The van der Waals surface area contributed by atoms with Crippen LogP contribution in [0.5, 0.6) is 0 Å². The van der Waals surface area contributed by atoms with Crippen LogP contribution < -0.4 is 5.32 Å². The summed E-state index contributed by atoms with van der Waals surface area (Å²) in [5.74, 6) is -0.321. The number of nitrogens with zero attached hydrogens (tertiary/aromatic N) is 2. The third-order valence-corrected chi connectivity index (χ3v) is 3.35. The second-order valence-electron chi connectivity index (χ2n) is 3.52. The number of hydrogen-bond donors (Lipinski definition) is 2. The van der Waals surface area contributed by atoms with Crippen molar-refractivity contribution in [1.29, 1.82) is 0 Å². The maximum Gasteiger partial charge on any atom is 0.325 e. The zero-order valence-corrected chi connectivity index (χ0v) is 9.71. The Morgan fingerprint density at radius 2 is 2.31 bits per heavy atom. The topological polar surface area (TPSA) is 75.1 Å². The predicted molar refractivity (Wildman–Crippen MR) is 62.9 cm³/mol. The van der Waals surface area contributed by atoms with Crippen LogP contribution in [0.25, 0.3) is 10.2 Å². The van der Waals surface area contributed by atoms with E-state index < -0.39 is 12.0 Å². The van der Waals surface area contributed by atoms with Crippen molar-refractivity contribution in [2.75, 3.05) is 5.32 Å². The molecule has 0 spiro atoms. The SMILES string of the molecule is Cc1csc2c(N[C@@H](C)C(=O)O)ncnc12. The normalized spacial score (nSPS) is 12.6. The van der Waals surface area contributed by atoms with E-state index in [0.717, 1.165) is 15.8 Å². The Bertz CT molecular complexity index is 538. The molecule has 2 N–H and O–H groups in total. The van der Waals surface area contributed by atoms with Gasteiger partial charge < -0.3 is 10.4 Å². The Labute approximate surface area is 96.2 Å². The van der Waals surface area contributed by atoms with Gasteiger partial charge in [0.05, 0.1) is 10.2 Å². The highest BCUT2D eigenvalue weighted by Crippen LogP contribution is 2.28. The minimum atomic E-state index is -0.903. The number of thiophene rings is 1. The number of anilines is 1. The van der Waals surface area contributed by atoms with E-state index in [0.29, 0.717) is 5.82 Å². The van der Waals surface area contributed by atoms with Gasteiger partial charge in [-0.1, -0.05) is 0 Å². The van der Waals surface area contributed by atoms with Crippen LogP contribution in [0, 0.1) is 6.92 Å². The van der Waals surface area contributed by atoms with E-state index >= 15 is 0 Å². The van der Waals surface area contributed by atoms with Gasteiger partial charge in [0.15, 0.2) is 0 Å². The molecule has 0 unspecified atom stereocenters. The summed E-state index contributed by atoms with van der Waals surface area (Å²) in [7, 11) is 0. The molecule has 0 aliphatic rings. The molecular formula is C10H11N3O2S. The van der Waals surface area contributed by atoms with Crippen LogP contribution in [-0.4, -0.2) is 27.1 Å². The average molecular weight is 237 g/mol. The molecule has 0 aliphatic carbocycles. The number of aromatic nitrogens is 2. The molecule has 5 nitrogen and oxygen atoms in total. The lowest BCUT2D eigenvalue weighted by atomic mass is 10.3. The molecular weight excluding hydrogens is 226 g/mol. The van der Waals surface area contributed by atoms with Crippen LogP contribution in [0.3, 0.4) is 0 Å². The molecule has 0 saturated heterocycles. The maximum absolute atomic E-state index is 10.7. The fourth-order valence-electron chi connectivity index (χ4n) is 1.34. The lowest BCUT2D eigenvalue weighted by molar-refractivity contribution is -0.137. The number of carbonyl (C=O) groups is 1. The summed E-state index contributed by atoms with van der Waals surface area (Å²) in [4.78, 5) is 19.0. The van der Waals surface area contributed by atoms with Gasteiger partial charge in [0.1, 0.15) is 18.2 Å². The van der Waals surface area contributed by atoms with E-state index in [9.17, 15) is 4.79 Å². The number of fused-ring (bicyclic) bond motifs is 1. The van der Waals surface area contributed by atoms with Gasteiger partial charge in [-0.3, -0.25) is 4.79 Å². The number of aliphatic carboxylic acids is 1. The summed E-state index contributed by atoms with van der Waals surface area (Å²) < 4.78 is 0.896. The lowest BCUT2D eigenvalue weighted by Crippen LogP contribution is -2.25. The molecule has 0 fully saturated rings. The number of aryl methyl sites for hydroxylation is 1.